The van der Waals surface area contributed by atoms with Gasteiger partial charge in [0.1, 0.15) is 6.04 Å². The lowest BCUT2D eigenvalue weighted by molar-refractivity contribution is -0.125. The van der Waals surface area contributed by atoms with Crippen LogP contribution in [0.15, 0.2) is 30.3 Å². The largest absolute Gasteiger partial charge is 0.354 e. The molecule has 3 N–H and O–H groups in total. The molecule has 1 aromatic rings. The lowest BCUT2D eigenvalue weighted by Crippen LogP contribution is -2.38. The Hall–Kier alpha value is -0.810. The van der Waals surface area contributed by atoms with Gasteiger partial charge in [-0.05, 0) is 33.0 Å². The van der Waals surface area contributed by atoms with Gasteiger partial charge in [0, 0.05) is 12.6 Å². The zero-order chi connectivity index (χ0) is 13.5. The Kier molecular flexibility index (Phi) is 11.7. The van der Waals surface area contributed by atoms with Crippen LogP contribution >= 0.6 is 24.8 Å². The van der Waals surface area contributed by atoms with E-state index in [1.54, 1.807) is 0 Å². The Morgan fingerprint density at radius 3 is 2.25 bits per heavy atom. The fourth-order valence-electron chi connectivity index (χ4n) is 1.84. The van der Waals surface area contributed by atoms with Crippen molar-refractivity contribution in [1.82, 2.24) is 10.2 Å². The monoisotopic (exact) mass is 321 g/mol. The van der Waals surface area contributed by atoms with E-state index in [2.05, 4.69) is 5.32 Å². The molecule has 0 saturated carbocycles. The molecule has 0 radical (unpaired) electrons. The molecule has 1 aromatic carbocycles. The summed E-state index contributed by atoms with van der Waals surface area (Å²) in [6.45, 7) is 2.56. The van der Waals surface area contributed by atoms with Crippen molar-refractivity contribution in [2.75, 3.05) is 20.6 Å². The maximum absolute atomic E-state index is 12.2. The predicted molar refractivity (Wildman–Crippen MR) is 88.6 cm³/mol. The third-order valence-electron chi connectivity index (χ3n) is 2.78. The van der Waals surface area contributed by atoms with Crippen LogP contribution in [0.4, 0.5) is 0 Å². The standard InChI is InChI=1S/C14H23N3O.2ClH/c1-11(15)9-10-16-14(18)13(17(2)3)12-7-5-4-6-8-12;;/h4-8,11,13H,9-10,15H2,1-3H3,(H,16,18);2*1H. The molecule has 1 amide bonds. The molecule has 0 aliphatic rings. The van der Waals surface area contributed by atoms with Crippen molar-refractivity contribution in [1.29, 1.82) is 0 Å². The Bertz CT molecular complexity index is 372. The molecule has 0 spiro atoms. The summed E-state index contributed by atoms with van der Waals surface area (Å²) in [5, 5.41) is 2.93. The molecule has 0 aliphatic carbocycles. The number of amides is 1. The van der Waals surface area contributed by atoms with E-state index in [4.69, 9.17) is 5.73 Å². The van der Waals surface area contributed by atoms with E-state index in [0.717, 1.165) is 12.0 Å². The van der Waals surface area contributed by atoms with Gasteiger partial charge in [-0.25, -0.2) is 0 Å². The zero-order valence-corrected chi connectivity index (χ0v) is 13.8. The van der Waals surface area contributed by atoms with Gasteiger partial charge in [-0.3, -0.25) is 9.69 Å². The summed E-state index contributed by atoms with van der Waals surface area (Å²) in [5.74, 6) is 0.0202. The summed E-state index contributed by atoms with van der Waals surface area (Å²) >= 11 is 0. The maximum atomic E-state index is 12.2. The van der Waals surface area contributed by atoms with Crippen LogP contribution in [0.2, 0.25) is 0 Å². The SMILES string of the molecule is CC(N)CCNC(=O)C(c1ccccc1)N(C)C.Cl.Cl. The van der Waals surface area contributed by atoms with Gasteiger partial charge in [0.2, 0.25) is 5.91 Å². The van der Waals surface area contributed by atoms with Crippen LogP contribution in [0.1, 0.15) is 24.9 Å². The topological polar surface area (TPSA) is 58.4 Å². The van der Waals surface area contributed by atoms with E-state index in [1.807, 2.05) is 56.3 Å². The number of nitrogens with zero attached hydrogens (tertiary/aromatic N) is 1. The molecule has 0 saturated heterocycles. The van der Waals surface area contributed by atoms with Gasteiger partial charge in [-0.15, -0.1) is 24.8 Å². The molecule has 116 valence electrons. The van der Waals surface area contributed by atoms with Gasteiger partial charge < -0.3 is 11.1 Å². The van der Waals surface area contributed by atoms with Gasteiger partial charge in [-0.2, -0.15) is 0 Å². The molecule has 6 heteroatoms. The minimum absolute atomic E-state index is 0. The van der Waals surface area contributed by atoms with Crippen molar-refractivity contribution in [2.24, 2.45) is 5.73 Å². The van der Waals surface area contributed by atoms with Crippen molar-refractivity contribution in [3.05, 3.63) is 35.9 Å². The Morgan fingerprint density at radius 1 is 1.25 bits per heavy atom. The van der Waals surface area contributed by atoms with Crippen LogP contribution in [0.5, 0.6) is 0 Å². The minimum Gasteiger partial charge on any atom is -0.354 e. The quantitative estimate of drug-likeness (QED) is 0.842. The van der Waals surface area contributed by atoms with E-state index in [9.17, 15) is 4.79 Å². The van der Waals surface area contributed by atoms with Crippen molar-refractivity contribution >= 4 is 30.7 Å². The first kappa shape index (κ1) is 21.5. The van der Waals surface area contributed by atoms with Crippen LogP contribution < -0.4 is 11.1 Å². The first-order valence-corrected chi connectivity index (χ1v) is 6.27. The summed E-state index contributed by atoms with van der Waals surface area (Å²) in [5.41, 5.74) is 6.66. The number of hydrogen-bond donors (Lipinski definition) is 2. The number of nitrogens with one attached hydrogen (secondary N) is 1. The summed E-state index contributed by atoms with van der Waals surface area (Å²) in [6.07, 6.45) is 0.792. The average molecular weight is 322 g/mol. The van der Waals surface area contributed by atoms with E-state index in [-0.39, 0.29) is 42.8 Å². The molecule has 0 aromatic heterocycles. The van der Waals surface area contributed by atoms with Gasteiger partial charge in [0.05, 0.1) is 0 Å². The average Bonchev–Trinajstić information content (AvgIpc) is 2.29. The second-order valence-electron chi connectivity index (χ2n) is 4.83. The molecule has 0 heterocycles. The lowest BCUT2D eigenvalue weighted by Gasteiger charge is -2.24. The third-order valence-corrected chi connectivity index (χ3v) is 2.78. The molecule has 0 fully saturated rings. The molecular formula is C14H25Cl2N3O. The summed E-state index contributed by atoms with van der Waals surface area (Å²) < 4.78 is 0. The molecule has 0 aliphatic heterocycles. The van der Waals surface area contributed by atoms with Crippen molar-refractivity contribution < 1.29 is 4.79 Å². The van der Waals surface area contributed by atoms with Crippen LogP contribution in [0, 0.1) is 0 Å². The molecular weight excluding hydrogens is 297 g/mol. The maximum Gasteiger partial charge on any atom is 0.241 e. The molecule has 4 nitrogen and oxygen atoms in total. The molecule has 20 heavy (non-hydrogen) atoms. The number of likely N-dealkylation sites (N-methyl/N-ethyl adjacent to an activating group) is 1. The second kappa shape index (κ2) is 10.9. The van der Waals surface area contributed by atoms with E-state index in [0.29, 0.717) is 6.54 Å². The van der Waals surface area contributed by atoms with Gasteiger partial charge >= 0.3 is 0 Å². The van der Waals surface area contributed by atoms with E-state index < -0.39 is 0 Å². The highest BCUT2D eigenvalue weighted by molar-refractivity contribution is 5.85. The molecule has 1 rings (SSSR count). The minimum atomic E-state index is -0.251. The molecule has 0 bridgehead atoms. The number of rotatable bonds is 6. The van der Waals surface area contributed by atoms with Crippen LogP contribution in [-0.2, 0) is 4.79 Å². The Morgan fingerprint density at radius 2 is 1.80 bits per heavy atom. The first-order valence-electron chi connectivity index (χ1n) is 6.27. The van der Waals surface area contributed by atoms with Crippen molar-refractivity contribution in [3.63, 3.8) is 0 Å². The zero-order valence-electron chi connectivity index (χ0n) is 12.2. The van der Waals surface area contributed by atoms with Gasteiger partial charge in [-0.1, -0.05) is 30.3 Å². The van der Waals surface area contributed by atoms with Gasteiger partial charge in [0.25, 0.3) is 0 Å². The number of benzene rings is 1. The smallest absolute Gasteiger partial charge is 0.241 e. The highest BCUT2D eigenvalue weighted by Gasteiger charge is 2.21. The van der Waals surface area contributed by atoms with Crippen LogP contribution in [-0.4, -0.2) is 37.5 Å². The Balaban J connectivity index is 0. The number of nitrogens with two attached hydrogens (primary N) is 1. The van der Waals surface area contributed by atoms with E-state index in [1.165, 1.54) is 0 Å². The first-order chi connectivity index (χ1) is 8.52. The van der Waals surface area contributed by atoms with Crippen LogP contribution in [0.25, 0.3) is 0 Å². The van der Waals surface area contributed by atoms with Gasteiger partial charge in [0.15, 0.2) is 0 Å². The highest BCUT2D eigenvalue weighted by atomic mass is 35.5. The summed E-state index contributed by atoms with van der Waals surface area (Å²) in [6, 6.07) is 9.64. The van der Waals surface area contributed by atoms with Crippen molar-refractivity contribution in [2.45, 2.75) is 25.4 Å². The van der Waals surface area contributed by atoms with E-state index >= 15 is 0 Å². The number of halogens is 2. The summed E-state index contributed by atoms with van der Waals surface area (Å²) in [7, 11) is 3.81. The molecule has 2 atom stereocenters. The second-order valence-corrected chi connectivity index (χ2v) is 4.83. The number of hydrogen-bond acceptors (Lipinski definition) is 3. The highest BCUT2D eigenvalue weighted by Crippen LogP contribution is 2.17. The third kappa shape index (κ3) is 7.10. The lowest BCUT2D eigenvalue weighted by atomic mass is 10.1. The van der Waals surface area contributed by atoms with Crippen LogP contribution in [0.3, 0.4) is 0 Å². The van der Waals surface area contributed by atoms with Crippen molar-refractivity contribution in [3.8, 4) is 0 Å². The number of carbonyl (C=O) groups is 1. The molecule has 2 unspecified atom stereocenters. The fraction of sp³-hybridized carbons (Fsp3) is 0.500. The Labute approximate surface area is 133 Å². The fourth-order valence-corrected chi connectivity index (χ4v) is 1.84. The normalized spacial score (nSPS) is 12.8. The summed E-state index contributed by atoms with van der Waals surface area (Å²) in [4.78, 5) is 14.1. The number of carbonyl (C=O) groups excluding carboxylic acids is 1. The predicted octanol–water partition coefficient (Wildman–Crippen LogP) is 1.99.